The summed E-state index contributed by atoms with van der Waals surface area (Å²) in [5.41, 5.74) is 2.39. The Hall–Kier alpha value is -2.68. The summed E-state index contributed by atoms with van der Waals surface area (Å²) in [6.07, 6.45) is 0. The first kappa shape index (κ1) is 22.0. The third-order valence-electron chi connectivity index (χ3n) is 4.94. The van der Waals surface area contributed by atoms with E-state index in [0.717, 1.165) is 10.4 Å². The molecule has 8 heteroatoms. The highest BCUT2D eigenvalue weighted by Gasteiger charge is 2.22. The Balaban J connectivity index is 2.03. The number of methoxy groups -OCH3 is 1. The molecular formula is C22H24N2O4S2. The number of nitrogens with zero attached hydrogens (tertiary/aromatic N) is 1. The number of benzene rings is 2. The molecule has 0 saturated heterocycles. The predicted octanol–water partition coefficient (Wildman–Crippen LogP) is 3.86. The van der Waals surface area contributed by atoms with Crippen LogP contribution < -0.4 is 9.88 Å². The van der Waals surface area contributed by atoms with Crippen LogP contribution in [0.4, 0.5) is 0 Å². The minimum absolute atomic E-state index is 0.0285. The number of aryl methyl sites for hydroxylation is 1. The molecule has 30 heavy (non-hydrogen) atoms. The summed E-state index contributed by atoms with van der Waals surface area (Å²) in [5.74, 6) is 0.411. The Morgan fingerprint density at radius 1 is 1.10 bits per heavy atom. The number of rotatable bonds is 7. The van der Waals surface area contributed by atoms with Gasteiger partial charge in [-0.1, -0.05) is 24.3 Å². The second-order valence-corrected chi connectivity index (χ2v) is 9.58. The molecule has 0 fully saturated rings. The normalized spacial score (nSPS) is 11.3. The molecule has 2 aromatic carbocycles. The molecule has 2 N–H and O–H groups in total. The molecule has 3 rings (SSSR count). The molecule has 0 aliphatic rings. The zero-order valence-corrected chi connectivity index (χ0v) is 18.7. The second-order valence-electron chi connectivity index (χ2n) is 7.01. The molecule has 158 valence electrons. The molecule has 0 bridgehead atoms. The van der Waals surface area contributed by atoms with E-state index >= 15 is 0 Å². The predicted molar refractivity (Wildman–Crippen MR) is 118 cm³/mol. The number of carbonyl (C=O) groups excluding carboxylic acids is 1. The van der Waals surface area contributed by atoms with Crippen LogP contribution in [0.2, 0.25) is 0 Å². The van der Waals surface area contributed by atoms with Crippen molar-refractivity contribution in [2.45, 2.75) is 31.8 Å². The van der Waals surface area contributed by atoms with Gasteiger partial charge in [-0.05, 0) is 54.6 Å². The van der Waals surface area contributed by atoms with Crippen LogP contribution in [-0.4, -0.2) is 26.3 Å². The van der Waals surface area contributed by atoms with Gasteiger partial charge in [0.1, 0.15) is 5.75 Å². The molecule has 1 aromatic heterocycles. The molecule has 0 radical (unpaired) electrons. The van der Waals surface area contributed by atoms with E-state index in [0.29, 0.717) is 30.0 Å². The number of hydrogen-bond acceptors (Lipinski definition) is 5. The smallest absolute Gasteiger partial charge is 0.254 e. The van der Waals surface area contributed by atoms with Crippen molar-refractivity contribution in [2.24, 2.45) is 5.14 Å². The highest BCUT2D eigenvalue weighted by molar-refractivity contribution is 7.89. The fourth-order valence-electron chi connectivity index (χ4n) is 3.26. The highest BCUT2D eigenvalue weighted by atomic mass is 32.2. The molecule has 0 spiro atoms. The van der Waals surface area contributed by atoms with Crippen LogP contribution in [0.1, 0.15) is 31.9 Å². The van der Waals surface area contributed by atoms with E-state index in [1.165, 1.54) is 6.07 Å². The fraction of sp³-hybridized carbons (Fsp3) is 0.227. The maximum Gasteiger partial charge on any atom is 0.254 e. The number of para-hydroxylation sites is 1. The molecule has 6 nitrogen and oxygen atoms in total. The van der Waals surface area contributed by atoms with Gasteiger partial charge in [0.05, 0.1) is 25.1 Å². The minimum atomic E-state index is -3.95. The SMILES string of the molecule is COc1ccccc1CN(Cc1cccs1)C(=O)c1cc(C)c(C)c(S(N)(=O)=O)c1. The van der Waals surface area contributed by atoms with Gasteiger partial charge in [0.15, 0.2) is 0 Å². The lowest BCUT2D eigenvalue weighted by Gasteiger charge is -2.24. The van der Waals surface area contributed by atoms with Crippen LogP contribution >= 0.6 is 11.3 Å². The molecule has 1 heterocycles. The Morgan fingerprint density at radius 3 is 2.47 bits per heavy atom. The van der Waals surface area contributed by atoms with Crippen LogP contribution in [0.25, 0.3) is 0 Å². The first-order valence-electron chi connectivity index (χ1n) is 9.28. The van der Waals surface area contributed by atoms with Gasteiger partial charge in [-0.25, -0.2) is 13.6 Å². The Morgan fingerprint density at radius 2 is 1.83 bits per heavy atom. The first-order valence-corrected chi connectivity index (χ1v) is 11.7. The Labute approximate surface area is 181 Å². The van der Waals surface area contributed by atoms with Crippen molar-refractivity contribution in [1.29, 1.82) is 0 Å². The van der Waals surface area contributed by atoms with Crippen LogP contribution in [0, 0.1) is 13.8 Å². The summed E-state index contributed by atoms with van der Waals surface area (Å²) in [6.45, 7) is 4.16. The van der Waals surface area contributed by atoms with Gasteiger partial charge in [-0.15, -0.1) is 11.3 Å². The second kappa shape index (κ2) is 8.99. The van der Waals surface area contributed by atoms with E-state index in [2.05, 4.69) is 0 Å². The van der Waals surface area contributed by atoms with Crippen molar-refractivity contribution in [3.05, 3.63) is 81.0 Å². The average Bonchev–Trinajstić information content (AvgIpc) is 3.21. The maximum atomic E-state index is 13.5. The van der Waals surface area contributed by atoms with Crippen LogP contribution in [0.15, 0.2) is 58.8 Å². The van der Waals surface area contributed by atoms with Crippen molar-refractivity contribution >= 4 is 27.3 Å². The van der Waals surface area contributed by atoms with Crippen molar-refractivity contribution in [3.8, 4) is 5.75 Å². The van der Waals surface area contributed by atoms with Crippen LogP contribution in [0.5, 0.6) is 5.75 Å². The number of thiophene rings is 1. The standard InChI is InChI=1S/C22H24N2O4S2/c1-15-11-18(12-21(16(15)2)30(23,26)27)22(25)24(14-19-8-6-10-29-19)13-17-7-4-5-9-20(17)28-3/h4-12H,13-14H2,1-3H3,(H2,23,26,27). The van der Waals surface area contributed by atoms with E-state index in [4.69, 9.17) is 9.88 Å². The van der Waals surface area contributed by atoms with Gasteiger partial charge < -0.3 is 9.64 Å². The van der Waals surface area contributed by atoms with Crippen LogP contribution in [-0.2, 0) is 23.1 Å². The van der Waals surface area contributed by atoms with E-state index in [1.807, 2.05) is 41.8 Å². The lowest BCUT2D eigenvalue weighted by atomic mass is 10.0. The number of sulfonamides is 1. The molecular weight excluding hydrogens is 420 g/mol. The molecule has 0 atom stereocenters. The third-order valence-corrected chi connectivity index (χ3v) is 6.84. The number of carbonyl (C=O) groups is 1. The molecule has 1 amide bonds. The highest BCUT2D eigenvalue weighted by Crippen LogP contribution is 2.25. The summed E-state index contributed by atoms with van der Waals surface area (Å²) >= 11 is 1.56. The Bertz CT molecular complexity index is 1160. The van der Waals surface area contributed by atoms with Crippen molar-refractivity contribution in [2.75, 3.05) is 7.11 Å². The number of amides is 1. The van der Waals surface area contributed by atoms with Gasteiger partial charge in [0.25, 0.3) is 5.91 Å². The van der Waals surface area contributed by atoms with Gasteiger partial charge in [-0.2, -0.15) is 0 Å². The number of ether oxygens (including phenoxy) is 1. The molecule has 0 saturated carbocycles. The minimum Gasteiger partial charge on any atom is -0.496 e. The third kappa shape index (κ3) is 4.89. The number of nitrogens with two attached hydrogens (primary N) is 1. The van der Waals surface area contributed by atoms with Crippen LogP contribution in [0.3, 0.4) is 0 Å². The Kier molecular flexibility index (Phi) is 6.60. The number of hydrogen-bond donors (Lipinski definition) is 1. The summed E-state index contributed by atoms with van der Waals surface area (Å²) in [4.78, 5) is 16.1. The summed E-state index contributed by atoms with van der Waals surface area (Å²) in [6, 6.07) is 14.5. The van der Waals surface area contributed by atoms with Crippen molar-refractivity contribution < 1.29 is 17.9 Å². The van der Waals surface area contributed by atoms with Gasteiger partial charge in [-0.3, -0.25) is 4.79 Å². The summed E-state index contributed by atoms with van der Waals surface area (Å²) < 4.78 is 29.5. The van der Waals surface area contributed by atoms with Gasteiger partial charge in [0.2, 0.25) is 10.0 Å². The number of primary sulfonamides is 1. The lowest BCUT2D eigenvalue weighted by molar-refractivity contribution is 0.0730. The molecule has 0 aliphatic heterocycles. The van der Waals surface area contributed by atoms with E-state index < -0.39 is 10.0 Å². The summed E-state index contributed by atoms with van der Waals surface area (Å²) in [7, 11) is -2.36. The van der Waals surface area contributed by atoms with E-state index in [-0.39, 0.29) is 16.4 Å². The van der Waals surface area contributed by atoms with Crippen molar-refractivity contribution in [3.63, 3.8) is 0 Å². The molecule has 0 unspecified atom stereocenters. The van der Waals surface area contributed by atoms with Gasteiger partial charge in [0, 0.05) is 16.0 Å². The zero-order valence-electron chi connectivity index (χ0n) is 17.1. The zero-order chi connectivity index (χ0) is 21.9. The van der Waals surface area contributed by atoms with E-state index in [9.17, 15) is 13.2 Å². The maximum absolute atomic E-state index is 13.5. The summed E-state index contributed by atoms with van der Waals surface area (Å²) in [5, 5.41) is 7.33. The fourth-order valence-corrected chi connectivity index (χ4v) is 4.86. The monoisotopic (exact) mass is 444 g/mol. The molecule has 0 aliphatic carbocycles. The van der Waals surface area contributed by atoms with Crippen molar-refractivity contribution in [1.82, 2.24) is 4.90 Å². The first-order chi connectivity index (χ1) is 14.2. The molecule has 3 aromatic rings. The quantitative estimate of drug-likeness (QED) is 0.599. The topological polar surface area (TPSA) is 89.7 Å². The van der Waals surface area contributed by atoms with E-state index in [1.54, 1.807) is 43.3 Å². The average molecular weight is 445 g/mol. The van der Waals surface area contributed by atoms with Gasteiger partial charge >= 0.3 is 0 Å². The largest absolute Gasteiger partial charge is 0.496 e. The lowest BCUT2D eigenvalue weighted by Crippen LogP contribution is -2.30.